The van der Waals surface area contributed by atoms with Crippen molar-refractivity contribution in [1.29, 1.82) is 0 Å². The van der Waals surface area contributed by atoms with Gasteiger partial charge in [-0.25, -0.2) is 4.79 Å². The number of hydrogen-bond donors (Lipinski definition) is 1. The topological polar surface area (TPSA) is 55.8 Å². The van der Waals surface area contributed by atoms with Crippen LogP contribution in [0, 0.1) is 0 Å². The van der Waals surface area contributed by atoms with Gasteiger partial charge in [-0.05, 0) is 17.5 Å². The molecule has 0 bridgehead atoms. The van der Waals surface area contributed by atoms with Crippen molar-refractivity contribution in [3.63, 3.8) is 0 Å². The molecule has 0 atom stereocenters. The molecule has 0 aliphatic carbocycles. The molecule has 0 saturated heterocycles. The van der Waals surface area contributed by atoms with Crippen molar-refractivity contribution in [3.05, 3.63) is 29.1 Å². The van der Waals surface area contributed by atoms with Crippen LogP contribution in [-0.2, 0) is 4.74 Å². The summed E-state index contributed by atoms with van der Waals surface area (Å²) >= 11 is 1.22. The van der Waals surface area contributed by atoms with Crippen LogP contribution in [0.4, 0.5) is 0 Å². The molecule has 0 radical (unpaired) electrons. The van der Waals surface area contributed by atoms with E-state index in [4.69, 9.17) is 14.6 Å². The first-order valence-electron chi connectivity index (χ1n) is 5.10. The highest BCUT2D eigenvalue weighted by Gasteiger charge is 2.11. The lowest BCUT2D eigenvalue weighted by atomic mass is 10.2. The average Bonchev–Trinajstić information content (AvgIpc) is 2.74. The van der Waals surface area contributed by atoms with E-state index in [-0.39, 0.29) is 0 Å². The molecule has 4 nitrogen and oxygen atoms in total. The number of fused-ring (bicyclic) bond motifs is 1. The number of thiophene rings is 1. The first-order chi connectivity index (χ1) is 8.22. The van der Waals surface area contributed by atoms with E-state index >= 15 is 0 Å². The van der Waals surface area contributed by atoms with Gasteiger partial charge in [0, 0.05) is 7.11 Å². The normalized spacial score (nSPS) is 10.6. The van der Waals surface area contributed by atoms with Crippen LogP contribution >= 0.6 is 11.3 Å². The number of benzene rings is 1. The fourth-order valence-corrected chi connectivity index (χ4v) is 2.46. The average molecular weight is 252 g/mol. The molecule has 0 fully saturated rings. The first kappa shape index (κ1) is 11.9. The Morgan fingerprint density at radius 2 is 2.24 bits per heavy atom. The molecule has 1 aromatic carbocycles. The van der Waals surface area contributed by atoms with Crippen LogP contribution in [0.1, 0.15) is 9.67 Å². The zero-order chi connectivity index (χ0) is 12.3. The third kappa shape index (κ3) is 2.57. The molecule has 2 aromatic rings. The van der Waals surface area contributed by atoms with Gasteiger partial charge in [-0.1, -0.05) is 12.1 Å². The lowest BCUT2D eigenvalue weighted by Crippen LogP contribution is -2.03. The summed E-state index contributed by atoms with van der Waals surface area (Å²) < 4.78 is 11.3. The highest BCUT2D eigenvalue weighted by molar-refractivity contribution is 7.21. The Balaban J connectivity index is 2.32. The van der Waals surface area contributed by atoms with Crippen molar-refractivity contribution in [2.45, 2.75) is 0 Å². The zero-order valence-corrected chi connectivity index (χ0v) is 10.1. The largest absolute Gasteiger partial charge is 0.490 e. The Morgan fingerprint density at radius 1 is 1.41 bits per heavy atom. The van der Waals surface area contributed by atoms with E-state index in [1.807, 2.05) is 18.2 Å². The SMILES string of the molecule is COCCOc1cccc2cc(C(=O)O)sc12. The third-order valence-electron chi connectivity index (χ3n) is 2.26. The van der Waals surface area contributed by atoms with Crippen molar-refractivity contribution in [3.8, 4) is 5.75 Å². The molecule has 0 amide bonds. The van der Waals surface area contributed by atoms with Crippen molar-refractivity contribution in [2.75, 3.05) is 20.3 Å². The standard InChI is InChI=1S/C12H12O4S/c1-15-5-6-16-9-4-2-3-8-7-10(12(13)14)17-11(8)9/h2-4,7H,5-6H2,1H3,(H,13,14). The van der Waals surface area contributed by atoms with Gasteiger partial charge in [0.15, 0.2) is 0 Å². The van der Waals surface area contributed by atoms with Crippen LogP contribution in [-0.4, -0.2) is 31.4 Å². The minimum atomic E-state index is -0.908. The molecular weight excluding hydrogens is 240 g/mol. The Hall–Kier alpha value is -1.59. The summed E-state index contributed by atoms with van der Waals surface area (Å²) in [4.78, 5) is 11.2. The van der Waals surface area contributed by atoms with E-state index in [0.29, 0.717) is 23.8 Å². The molecule has 0 spiro atoms. The number of hydrogen-bond acceptors (Lipinski definition) is 4. The lowest BCUT2D eigenvalue weighted by Gasteiger charge is -2.05. The number of aromatic carboxylic acids is 1. The van der Waals surface area contributed by atoms with Crippen molar-refractivity contribution < 1.29 is 19.4 Å². The van der Waals surface area contributed by atoms with Gasteiger partial charge in [-0.3, -0.25) is 0 Å². The summed E-state index contributed by atoms with van der Waals surface area (Å²) in [6.07, 6.45) is 0. The van der Waals surface area contributed by atoms with Crippen molar-refractivity contribution >= 4 is 27.4 Å². The summed E-state index contributed by atoms with van der Waals surface area (Å²) in [6, 6.07) is 7.22. The van der Waals surface area contributed by atoms with E-state index in [0.717, 1.165) is 10.1 Å². The molecule has 0 aliphatic heterocycles. The minimum Gasteiger partial charge on any atom is -0.490 e. The molecule has 0 saturated carbocycles. The second-order valence-electron chi connectivity index (χ2n) is 3.43. The van der Waals surface area contributed by atoms with Crippen LogP contribution in [0.5, 0.6) is 5.75 Å². The van der Waals surface area contributed by atoms with Gasteiger partial charge in [-0.2, -0.15) is 0 Å². The number of carbonyl (C=O) groups is 1. The molecular formula is C12H12O4S. The summed E-state index contributed by atoms with van der Waals surface area (Å²) in [5.41, 5.74) is 0. The summed E-state index contributed by atoms with van der Waals surface area (Å²) in [5, 5.41) is 9.83. The summed E-state index contributed by atoms with van der Waals surface area (Å²) in [5.74, 6) is -0.203. The van der Waals surface area contributed by atoms with Gasteiger partial charge in [0.2, 0.25) is 0 Å². The molecule has 1 aromatic heterocycles. The Bertz CT molecular complexity index is 532. The highest BCUT2D eigenvalue weighted by Crippen LogP contribution is 2.33. The molecule has 0 aliphatic rings. The third-order valence-corrected chi connectivity index (χ3v) is 3.42. The predicted octanol–water partition coefficient (Wildman–Crippen LogP) is 2.62. The Kier molecular flexibility index (Phi) is 3.61. The number of methoxy groups -OCH3 is 1. The molecule has 0 unspecified atom stereocenters. The van der Waals surface area contributed by atoms with Gasteiger partial charge in [0.25, 0.3) is 0 Å². The van der Waals surface area contributed by atoms with Crippen LogP contribution in [0.25, 0.3) is 10.1 Å². The molecule has 5 heteroatoms. The van der Waals surface area contributed by atoms with Crippen molar-refractivity contribution in [1.82, 2.24) is 0 Å². The fraction of sp³-hybridized carbons (Fsp3) is 0.250. The van der Waals surface area contributed by atoms with E-state index < -0.39 is 5.97 Å². The van der Waals surface area contributed by atoms with Crippen LogP contribution in [0.2, 0.25) is 0 Å². The summed E-state index contributed by atoms with van der Waals surface area (Å²) in [6.45, 7) is 0.962. The fourth-order valence-electron chi connectivity index (χ4n) is 1.49. The number of ether oxygens (including phenoxy) is 2. The van der Waals surface area contributed by atoms with Gasteiger partial charge < -0.3 is 14.6 Å². The van der Waals surface area contributed by atoms with Crippen LogP contribution < -0.4 is 4.74 Å². The van der Waals surface area contributed by atoms with E-state index in [9.17, 15) is 4.79 Å². The number of carboxylic acids is 1. The minimum absolute atomic E-state index is 0.322. The molecule has 1 heterocycles. The monoisotopic (exact) mass is 252 g/mol. The molecule has 2 rings (SSSR count). The van der Waals surface area contributed by atoms with Gasteiger partial charge in [0.05, 0.1) is 11.3 Å². The maximum absolute atomic E-state index is 10.9. The summed E-state index contributed by atoms with van der Waals surface area (Å²) in [7, 11) is 1.61. The maximum atomic E-state index is 10.9. The predicted molar refractivity (Wildman–Crippen MR) is 66.2 cm³/mol. The molecule has 17 heavy (non-hydrogen) atoms. The van der Waals surface area contributed by atoms with Crippen molar-refractivity contribution in [2.24, 2.45) is 0 Å². The van der Waals surface area contributed by atoms with Gasteiger partial charge >= 0.3 is 5.97 Å². The number of carboxylic acid groups (broad SMARTS) is 1. The lowest BCUT2D eigenvalue weighted by molar-refractivity contribution is 0.0702. The van der Waals surface area contributed by atoms with Crippen LogP contribution in [0.3, 0.4) is 0 Å². The van der Waals surface area contributed by atoms with E-state index in [1.165, 1.54) is 11.3 Å². The Morgan fingerprint density at radius 3 is 2.94 bits per heavy atom. The highest BCUT2D eigenvalue weighted by atomic mass is 32.1. The quantitative estimate of drug-likeness (QED) is 0.831. The molecule has 1 N–H and O–H groups in total. The van der Waals surface area contributed by atoms with Gasteiger partial charge in [-0.15, -0.1) is 11.3 Å². The smallest absolute Gasteiger partial charge is 0.345 e. The van der Waals surface area contributed by atoms with Gasteiger partial charge in [0.1, 0.15) is 17.2 Å². The molecule has 90 valence electrons. The zero-order valence-electron chi connectivity index (χ0n) is 9.30. The second-order valence-corrected chi connectivity index (χ2v) is 4.48. The van der Waals surface area contributed by atoms with E-state index in [1.54, 1.807) is 13.2 Å². The maximum Gasteiger partial charge on any atom is 0.345 e. The number of rotatable bonds is 5. The first-order valence-corrected chi connectivity index (χ1v) is 5.91. The van der Waals surface area contributed by atoms with Crippen LogP contribution in [0.15, 0.2) is 24.3 Å². The van der Waals surface area contributed by atoms with E-state index in [2.05, 4.69) is 0 Å². The Labute approximate surface area is 102 Å². The second kappa shape index (κ2) is 5.16.